The van der Waals surface area contributed by atoms with Crippen molar-refractivity contribution in [1.82, 2.24) is 0 Å². The second-order valence-electron chi connectivity index (χ2n) is 3.16. The lowest BCUT2D eigenvalue weighted by molar-refractivity contribution is -0.136. The summed E-state index contributed by atoms with van der Waals surface area (Å²) in [5.74, 6) is -0.638. The van der Waals surface area contributed by atoms with Crippen molar-refractivity contribution < 1.29 is 15.0 Å². The van der Waals surface area contributed by atoms with Crippen LogP contribution in [0.3, 0.4) is 0 Å². The summed E-state index contributed by atoms with van der Waals surface area (Å²) in [5, 5.41) is 18.1. The summed E-state index contributed by atoms with van der Waals surface area (Å²) in [6, 6.07) is 5.28. The van der Waals surface area contributed by atoms with Gasteiger partial charge in [-0.15, -0.1) is 0 Å². The molecule has 1 rings (SSSR count). The summed E-state index contributed by atoms with van der Waals surface area (Å²) in [6.45, 7) is 1.99. The van der Waals surface area contributed by atoms with Crippen LogP contribution in [0.15, 0.2) is 18.2 Å². The molecule has 0 bridgehead atoms. The van der Waals surface area contributed by atoms with Gasteiger partial charge in [0.2, 0.25) is 0 Å². The summed E-state index contributed by atoms with van der Waals surface area (Å²) in [5.41, 5.74) is 1.78. The molecule has 0 heterocycles. The molecule has 0 aliphatic heterocycles. The minimum atomic E-state index is -0.838. The Hall–Kier alpha value is -1.51. The predicted octanol–water partition coefficient (Wildman–Crippen LogP) is 1.97. The molecule has 0 aromatic heterocycles. The van der Waals surface area contributed by atoms with Gasteiger partial charge in [-0.2, -0.15) is 0 Å². The molecular weight excluding hydrogens is 180 g/mol. The van der Waals surface area contributed by atoms with E-state index in [2.05, 4.69) is 0 Å². The molecule has 0 aliphatic carbocycles. The number of aliphatic carboxylic acids is 1. The molecule has 3 nitrogen and oxygen atoms in total. The zero-order chi connectivity index (χ0) is 10.6. The average Bonchev–Trinajstić information content (AvgIpc) is 2.15. The summed E-state index contributed by atoms with van der Waals surface area (Å²) >= 11 is 0. The Balaban J connectivity index is 2.87. The Bertz CT molecular complexity index is 331. The van der Waals surface area contributed by atoms with Gasteiger partial charge in [-0.1, -0.05) is 19.1 Å². The van der Waals surface area contributed by atoms with Crippen LogP contribution in [0.5, 0.6) is 5.75 Å². The fourth-order valence-electron chi connectivity index (χ4n) is 1.47. The maximum atomic E-state index is 10.4. The molecule has 0 saturated heterocycles. The molecule has 1 aromatic rings. The molecule has 14 heavy (non-hydrogen) atoms. The summed E-state index contributed by atoms with van der Waals surface area (Å²) in [7, 11) is 0. The van der Waals surface area contributed by atoms with Crippen molar-refractivity contribution >= 4 is 5.97 Å². The maximum Gasteiger partial charge on any atom is 0.303 e. The smallest absolute Gasteiger partial charge is 0.303 e. The van der Waals surface area contributed by atoms with E-state index in [-0.39, 0.29) is 12.2 Å². The molecule has 0 saturated carbocycles. The van der Waals surface area contributed by atoms with E-state index < -0.39 is 5.97 Å². The van der Waals surface area contributed by atoms with E-state index in [1.54, 1.807) is 12.1 Å². The van der Waals surface area contributed by atoms with Crippen molar-refractivity contribution in [3.8, 4) is 5.75 Å². The first-order valence-electron chi connectivity index (χ1n) is 4.66. The van der Waals surface area contributed by atoms with E-state index >= 15 is 0 Å². The molecule has 2 N–H and O–H groups in total. The summed E-state index contributed by atoms with van der Waals surface area (Å²) in [6.07, 6.45) is 1.26. The summed E-state index contributed by atoms with van der Waals surface area (Å²) in [4.78, 5) is 10.4. The molecule has 0 fully saturated rings. The molecule has 0 unspecified atom stereocenters. The fourth-order valence-corrected chi connectivity index (χ4v) is 1.47. The minimum Gasteiger partial charge on any atom is -0.508 e. The Morgan fingerprint density at radius 2 is 2.14 bits per heavy atom. The average molecular weight is 194 g/mol. The van der Waals surface area contributed by atoms with E-state index in [0.717, 1.165) is 17.5 Å². The van der Waals surface area contributed by atoms with Crippen LogP contribution in [0, 0.1) is 0 Å². The van der Waals surface area contributed by atoms with Gasteiger partial charge < -0.3 is 10.2 Å². The largest absolute Gasteiger partial charge is 0.508 e. The van der Waals surface area contributed by atoms with Crippen molar-refractivity contribution in [1.29, 1.82) is 0 Å². The highest BCUT2D eigenvalue weighted by Crippen LogP contribution is 2.22. The number of phenolic OH excluding ortho intramolecular Hbond substituents is 1. The van der Waals surface area contributed by atoms with Crippen LogP contribution < -0.4 is 0 Å². The quantitative estimate of drug-likeness (QED) is 0.770. The third-order valence-corrected chi connectivity index (χ3v) is 2.22. The Labute approximate surface area is 83.0 Å². The number of aryl methyl sites for hydroxylation is 1. The van der Waals surface area contributed by atoms with Gasteiger partial charge in [0.05, 0.1) is 0 Å². The third-order valence-electron chi connectivity index (χ3n) is 2.22. The van der Waals surface area contributed by atoms with Gasteiger partial charge in [0.1, 0.15) is 5.75 Å². The highest BCUT2D eigenvalue weighted by Gasteiger charge is 2.07. The molecule has 0 spiro atoms. The van der Waals surface area contributed by atoms with Crippen LogP contribution in [0.4, 0.5) is 0 Å². The number of aromatic hydroxyl groups is 1. The number of carbonyl (C=O) groups is 1. The maximum absolute atomic E-state index is 10.4. The molecule has 3 heteroatoms. The first-order valence-corrected chi connectivity index (χ1v) is 4.66. The highest BCUT2D eigenvalue weighted by atomic mass is 16.4. The topological polar surface area (TPSA) is 57.5 Å². The molecule has 76 valence electrons. The third kappa shape index (κ3) is 2.49. The lowest BCUT2D eigenvalue weighted by Gasteiger charge is -2.08. The number of carboxylic acid groups (broad SMARTS) is 1. The lowest BCUT2D eigenvalue weighted by Crippen LogP contribution is -2.00. The van der Waals surface area contributed by atoms with Crippen LogP contribution >= 0.6 is 0 Å². The predicted molar refractivity (Wildman–Crippen MR) is 53.4 cm³/mol. The number of phenols is 1. The Morgan fingerprint density at radius 3 is 2.71 bits per heavy atom. The van der Waals surface area contributed by atoms with Crippen molar-refractivity contribution in [3.05, 3.63) is 29.3 Å². The van der Waals surface area contributed by atoms with Gasteiger partial charge in [-0.05, 0) is 30.0 Å². The fraction of sp³-hybridized carbons (Fsp3) is 0.364. The first kappa shape index (κ1) is 10.6. The second-order valence-corrected chi connectivity index (χ2v) is 3.16. The number of rotatable bonds is 4. The second kappa shape index (κ2) is 4.65. The van der Waals surface area contributed by atoms with Crippen molar-refractivity contribution in [2.75, 3.05) is 0 Å². The normalized spacial score (nSPS) is 10.1. The van der Waals surface area contributed by atoms with E-state index in [0.29, 0.717) is 6.42 Å². The SMILES string of the molecule is CCc1cccc(O)c1CCC(=O)O. The van der Waals surface area contributed by atoms with Crippen molar-refractivity contribution in [3.63, 3.8) is 0 Å². The summed E-state index contributed by atoms with van der Waals surface area (Å²) < 4.78 is 0. The monoisotopic (exact) mass is 194 g/mol. The van der Waals surface area contributed by atoms with Crippen molar-refractivity contribution in [2.45, 2.75) is 26.2 Å². The number of benzene rings is 1. The Morgan fingerprint density at radius 1 is 1.43 bits per heavy atom. The van der Waals surface area contributed by atoms with E-state index in [1.165, 1.54) is 0 Å². The van der Waals surface area contributed by atoms with Crippen LogP contribution in [0.1, 0.15) is 24.5 Å². The molecule has 1 aromatic carbocycles. The van der Waals surface area contributed by atoms with Crippen LogP contribution in [-0.2, 0) is 17.6 Å². The lowest BCUT2D eigenvalue weighted by atomic mass is 10.00. The van der Waals surface area contributed by atoms with Gasteiger partial charge in [0, 0.05) is 6.42 Å². The number of hydrogen-bond donors (Lipinski definition) is 2. The zero-order valence-electron chi connectivity index (χ0n) is 8.16. The van der Waals surface area contributed by atoms with Gasteiger partial charge in [0.25, 0.3) is 0 Å². The van der Waals surface area contributed by atoms with Gasteiger partial charge in [0.15, 0.2) is 0 Å². The highest BCUT2D eigenvalue weighted by molar-refractivity contribution is 5.67. The van der Waals surface area contributed by atoms with Crippen LogP contribution in [0.25, 0.3) is 0 Å². The number of hydrogen-bond acceptors (Lipinski definition) is 2. The van der Waals surface area contributed by atoms with Gasteiger partial charge in [-0.25, -0.2) is 0 Å². The van der Waals surface area contributed by atoms with E-state index in [9.17, 15) is 9.90 Å². The van der Waals surface area contributed by atoms with Gasteiger partial charge >= 0.3 is 5.97 Å². The minimum absolute atomic E-state index is 0.0601. The molecule has 0 atom stereocenters. The molecule has 0 radical (unpaired) electrons. The molecule has 0 amide bonds. The van der Waals surface area contributed by atoms with Gasteiger partial charge in [-0.3, -0.25) is 4.79 Å². The first-order chi connectivity index (χ1) is 6.65. The molecule has 0 aliphatic rings. The van der Waals surface area contributed by atoms with Crippen molar-refractivity contribution in [2.24, 2.45) is 0 Å². The Kier molecular flexibility index (Phi) is 3.51. The number of carboxylic acids is 1. The van der Waals surface area contributed by atoms with E-state index in [4.69, 9.17) is 5.11 Å². The zero-order valence-corrected chi connectivity index (χ0v) is 8.16. The molecular formula is C11H14O3. The van der Waals surface area contributed by atoms with E-state index in [1.807, 2.05) is 13.0 Å². The van der Waals surface area contributed by atoms with Crippen LogP contribution in [0.2, 0.25) is 0 Å². The standard InChI is InChI=1S/C11H14O3/c1-2-8-4-3-5-10(12)9(8)6-7-11(13)14/h3-5,12H,2,6-7H2,1H3,(H,13,14). The van der Waals surface area contributed by atoms with Crippen LogP contribution in [-0.4, -0.2) is 16.2 Å².